The minimum Gasteiger partial charge on any atom is -0.480 e. The highest BCUT2D eigenvalue weighted by Crippen LogP contribution is 2.37. The Hall–Kier alpha value is -3.43. The van der Waals surface area contributed by atoms with Gasteiger partial charge in [0, 0.05) is 24.9 Å². The highest BCUT2D eigenvalue weighted by Gasteiger charge is 2.20. The van der Waals surface area contributed by atoms with Gasteiger partial charge in [0.1, 0.15) is 5.65 Å². The maximum absolute atomic E-state index is 13.1. The van der Waals surface area contributed by atoms with Crippen LogP contribution in [0.5, 0.6) is 5.88 Å². The molecule has 1 aromatic carbocycles. The van der Waals surface area contributed by atoms with E-state index in [2.05, 4.69) is 25.5 Å². The first-order valence-corrected chi connectivity index (χ1v) is 9.40. The second-order valence-electron chi connectivity index (χ2n) is 6.27. The van der Waals surface area contributed by atoms with Crippen LogP contribution in [0.15, 0.2) is 41.3 Å². The first-order valence-electron chi connectivity index (χ1n) is 8.65. The number of hydrogen-bond donors (Lipinski definition) is 2. The van der Waals surface area contributed by atoms with Gasteiger partial charge in [-0.1, -0.05) is 29.3 Å². The van der Waals surface area contributed by atoms with Crippen LogP contribution >= 0.6 is 23.2 Å². The van der Waals surface area contributed by atoms with Gasteiger partial charge in [0.15, 0.2) is 5.82 Å². The number of nitrogens with zero attached hydrogens (tertiary/aromatic N) is 5. The van der Waals surface area contributed by atoms with Crippen molar-refractivity contribution in [3.63, 3.8) is 0 Å². The number of aryl methyl sites for hydroxylation is 1. The lowest BCUT2D eigenvalue weighted by atomic mass is 10.0. The summed E-state index contributed by atoms with van der Waals surface area (Å²) in [4.78, 5) is 21.8. The van der Waals surface area contributed by atoms with Crippen LogP contribution in [-0.2, 0) is 7.05 Å². The molecular formula is C19H15Cl2N7O2. The standard InChI is InChI=1S/C19H15Cl2N7O2/c1-28-17-9(8-23-19(25-17)24-12-6-7-13(30-2)27-26-12)16(22)15(18(28)29)14-10(20)4-3-5-11(14)21/h3-8H,22H2,1-2H3,(H,23,24,25,26). The third-order valence-corrected chi connectivity index (χ3v) is 5.10. The molecule has 0 aliphatic heterocycles. The number of anilines is 3. The van der Waals surface area contributed by atoms with Crippen LogP contribution in [-0.4, -0.2) is 31.8 Å². The smallest absolute Gasteiger partial charge is 0.262 e. The van der Waals surface area contributed by atoms with Crippen molar-refractivity contribution in [1.29, 1.82) is 0 Å². The van der Waals surface area contributed by atoms with Crippen molar-refractivity contribution in [2.45, 2.75) is 0 Å². The van der Waals surface area contributed by atoms with E-state index in [1.165, 1.54) is 17.9 Å². The monoisotopic (exact) mass is 443 g/mol. The molecule has 0 saturated heterocycles. The molecule has 0 saturated carbocycles. The van der Waals surface area contributed by atoms with Gasteiger partial charge in [-0.15, -0.1) is 10.2 Å². The molecule has 152 valence electrons. The number of nitrogens with two attached hydrogens (primary N) is 1. The van der Waals surface area contributed by atoms with Gasteiger partial charge in [0.05, 0.1) is 33.8 Å². The molecule has 3 aromatic heterocycles. The number of fused-ring (bicyclic) bond motifs is 1. The number of benzene rings is 1. The highest BCUT2D eigenvalue weighted by molar-refractivity contribution is 6.39. The molecule has 4 aromatic rings. The van der Waals surface area contributed by atoms with Crippen molar-refractivity contribution in [2.24, 2.45) is 7.05 Å². The summed E-state index contributed by atoms with van der Waals surface area (Å²) >= 11 is 12.6. The molecule has 0 atom stereocenters. The summed E-state index contributed by atoms with van der Waals surface area (Å²) < 4.78 is 6.35. The molecule has 4 rings (SSSR count). The molecule has 30 heavy (non-hydrogen) atoms. The van der Waals surface area contributed by atoms with E-state index in [4.69, 9.17) is 33.7 Å². The summed E-state index contributed by atoms with van der Waals surface area (Å²) in [6.45, 7) is 0. The van der Waals surface area contributed by atoms with Gasteiger partial charge in [-0.2, -0.15) is 4.98 Å². The number of hydrogen-bond acceptors (Lipinski definition) is 8. The summed E-state index contributed by atoms with van der Waals surface area (Å²) in [7, 11) is 3.08. The summed E-state index contributed by atoms with van der Waals surface area (Å²) in [5.41, 5.74) is 7.04. The topological polar surface area (TPSA) is 121 Å². The van der Waals surface area contributed by atoms with E-state index in [1.807, 2.05) is 0 Å². The Balaban J connectivity index is 1.84. The van der Waals surface area contributed by atoms with E-state index in [9.17, 15) is 4.79 Å². The number of methoxy groups -OCH3 is 1. The Kier molecular flexibility index (Phi) is 5.15. The zero-order valence-corrected chi connectivity index (χ0v) is 17.4. The molecular weight excluding hydrogens is 429 g/mol. The molecule has 11 heteroatoms. The molecule has 0 spiro atoms. The number of ether oxygens (including phenoxy) is 1. The Bertz CT molecular complexity index is 1300. The largest absolute Gasteiger partial charge is 0.480 e. The second kappa shape index (κ2) is 7.77. The van der Waals surface area contributed by atoms with Crippen LogP contribution in [0, 0.1) is 0 Å². The molecule has 0 amide bonds. The average molecular weight is 444 g/mol. The number of pyridine rings is 1. The maximum Gasteiger partial charge on any atom is 0.262 e. The van der Waals surface area contributed by atoms with Crippen LogP contribution in [0.2, 0.25) is 10.0 Å². The fourth-order valence-corrected chi connectivity index (χ4v) is 3.57. The fourth-order valence-electron chi connectivity index (χ4n) is 2.98. The third kappa shape index (κ3) is 3.38. The first kappa shape index (κ1) is 19.9. The van der Waals surface area contributed by atoms with E-state index in [0.29, 0.717) is 38.3 Å². The van der Waals surface area contributed by atoms with E-state index >= 15 is 0 Å². The van der Waals surface area contributed by atoms with Crippen LogP contribution < -0.4 is 21.3 Å². The van der Waals surface area contributed by atoms with Gasteiger partial charge in [0.25, 0.3) is 5.56 Å². The molecule has 3 N–H and O–H groups in total. The van der Waals surface area contributed by atoms with E-state index < -0.39 is 0 Å². The average Bonchev–Trinajstić information content (AvgIpc) is 2.74. The summed E-state index contributed by atoms with van der Waals surface area (Å²) in [6.07, 6.45) is 1.52. The lowest BCUT2D eigenvalue weighted by Crippen LogP contribution is -2.22. The van der Waals surface area contributed by atoms with E-state index in [-0.39, 0.29) is 22.8 Å². The highest BCUT2D eigenvalue weighted by atomic mass is 35.5. The number of aromatic nitrogens is 5. The zero-order valence-electron chi connectivity index (χ0n) is 15.8. The van der Waals surface area contributed by atoms with Gasteiger partial charge in [-0.25, -0.2) is 4.98 Å². The van der Waals surface area contributed by atoms with Crippen LogP contribution in [0.3, 0.4) is 0 Å². The molecule has 0 fully saturated rings. The van der Waals surface area contributed by atoms with Crippen molar-refractivity contribution < 1.29 is 4.74 Å². The number of nitrogens with one attached hydrogen (secondary N) is 1. The maximum atomic E-state index is 13.1. The lowest BCUT2D eigenvalue weighted by molar-refractivity contribution is 0.392. The number of rotatable bonds is 4. The summed E-state index contributed by atoms with van der Waals surface area (Å²) in [5, 5.41) is 11.9. The van der Waals surface area contributed by atoms with Crippen molar-refractivity contribution in [2.75, 3.05) is 18.2 Å². The third-order valence-electron chi connectivity index (χ3n) is 4.47. The predicted octanol–water partition coefficient (Wildman–Crippen LogP) is 3.43. The van der Waals surface area contributed by atoms with Crippen molar-refractivity contribution in [3.8, 4) is 17.0 Å². The van der Waals surface area contributed by atoms with Gasteiger partial charge >= 0.3 is 0 Å². The quantitative estimate of drug-likeness (QED) is 0.491. The Labute approximate surface area is 180 Å². The molecule has 3 heterocycles. The molecule has 0 aliphatic carbocycles. The normalized spacial score (nSPS) is 10.9. The minimum atomic E-state index is -0.385. The van der Waals surface area contributed by atoms with Crippen LogP contribution in [0.25, 0.3) is 22.2 Å². The number of halogens is 2. The molecule has 9 nitrogen and oxygen atoms in total. The molecule has 0 unspecified atom stereocenters. The number of nitrogen functional groups attached to an aromatic ring is 1. The van der Waals surface area contributed by atoms with Crippen molar-refractivity contribution in [3.05, 3.63) is 56.9 Å². The van der Waals surface area contributed by atoms with Gasteiger partial charge < -0.3 is 15.8 Å². The molecule has 0 aliphatic rings. The van der Waals surface area contributed by atoms with Gasteiger partial charge in [-0.3, -0.25) is 9.36 Å². The minimum absolute atomic E-state index is 0.193. The zero-order chi connectivity index (χ0) is 21.4. The Morgan fingerprint density at radius 1 is 1.10 bits per heavy atom. The van der Waals surface area contributed by atoms with E-state index in [1.54, 1.807) is 37.4 Å². The predicted molar refractivity (Wildman–Crippen MR) is 117 cm³/mol. The SMILES string of the molecule is COc1ccc(Nc2ncc3c(N)c(-c4c(Cl)cccc4Cl)c(=O)n(C)c3n2)nn1. The lowest BCUT2D eigenvalue weighted by Gasteiger charge is -2.14. The van der Waals surface area contributed by atoms with Crippen molar-refractivity contribution >= 4 is 51.7 Å². The van der Waals surface area contributed by atoms with Crippen LogP contribution in [0.1, 0.15) is 0 Å². The summed E-state index contributed by atoms with van der Waals surface area (Å²) in [6, 6.07) is 8.29. The second-order valence-corrected chi connectivity index (χ2v) is 7.08. The van der Waals surface area contributed by atoms with Gasteiger partial charge in [0.2, 0.25) is 11.8 Å². The summed E-state index contributed by atoms with van der Waals surface area (Å²) in [5.74, 6) is 1.01. The first-order chi connectivity index (χ1) is 14.4. The Morgan fingerprint density at radius 2 is 1.83 bits per heavy atom. The van der Waals surface area contributed by atoms with Gasteiger partial charge in [-0.05, 0) is 18.2 Å². The van der Waals surface area contributed by atoms with Crippen LogP contribution in [0.4, 0.5) is 17.5 Å². The Morgan fingerprint density at radius 3 is 2.47 bits per heavy atom. The van der Waals surface area contributed by atoms with Crippen molar-refractivity contribution in [1.82, 2.24) is 24.7 Å². The molecule has 0 radical (unpaired) electrons. The van der Waals surface area contributed by atoms with E-state index in [0.717, 1.165) is 0 Å². The molecule has 0 bridgehead atoms. The fraction of sp³-hybridized carbons (Fsp3) is 0.105.